The second-order valence-corrected chi connectivity index (χ2v) is 5.71. The fourth-order valence-electron chi connectivity index (χ4n) is 2.29. The van der Waals surface area contributed by atoms with Crippen LogP contribution in [0.5, 0.6) is 0 Å². The standard InChI is InChI=1S/C13H5BrClF3N4/c14-9-1-7-8(4-20-9)22(5-13(16,17)18)12-10(15)6(2-19)3-21-11(7)12/h1,3-4H,5H2. The van der Waals surface area contributed by atoms with E-state index in [9.17, 15) is 13.2 Å². The van der Waals surface area contributed by atoms with Crippen molar-refractivity contribution < 1.29 is 13.2 Å². The van der Waals surface area contributed by atoms with Crippen LogP contribution in [0.25, 0.3) is 21.9 Å². The van der Waals surface area contributed by atoms with Crippen LogP contribution in [0.2, 0.25) is 5.02 Å². The van der Waals surface area contributed by atoms with Gasteiger partial charge < -0.3 is 4.57 Å². The van der Waals surface area contributed by atoms with Crippen molar-refractivity contribution in [3.63, 3.8) is 0 Å². The van der Waals surface area contributed by atoms with Crippen molar-refractivity contribution in [2.75, 3.05) is 0 Å². The molecule has 0 spiro atoms. The fourth-order valence-corrected chi connectivity index (χ4v) is 2.91. The van der Waals surface area contributed by atoms with Crippen molar-refractivity contribution in [3.05, 3.63) is 33.6 Å². The smallest absolute Gasteiger partial charge is 0.327 e. The Morgan fingerprint density at radius 3 is 2.68 bits per heavy atom. The highest BCUT2D eigenvalue weighted by Crippen LogP contribution is 2.36. The quantitative estimate of drug-likeness (QED) is 0.578. The molecule has 0 aliphatic heterocycles. The first-order valence-corrected chi connectivity index (χ1v) is 7.07. The van der Waals surface area contributed by atoms with E-state index in [0.717, 1.165) is 4.57 Å². The molecule has 0 amide bonds. The van der Waals surface area contributed by atoms with Gasteiger partial charge in [-0.05, 0) is 22.0 Å². The molecule has 4 nitrogen and oxygen atoms in total. The van der Waals surface area contributed by atoms with Crippen LogP contribution in [-0.4, -0.2) is 20.7 Å². The maximum Gasteiger partial charge on any atom is 0.406 e. The lowest BCUT2D eigenvalue weighted by Crippen LogP contribution is -2.17. The number of fused-ring (bicyclic) bond motifs is 3. The summed E-state index contributed by atoms with van der Waals surface area (Å²) in [4.78, 5) is 8.05. The van der Waals surface area contributed by atoms with Gasteiger partial charge in [0, 0.05) is 11.6 Å². The second-order valence-electron chi connectivity index (χ2n) is 4.52. The summed E-state index contributed by atoms with van der Waals surface area (Å²) in [6, 6.07) is 3.39. The monoisotopic (exact) mass is 388 g/mol. The van der Waals surface area contributed by atoms with E-state index in [1.165, 1.54) is 12.4 Å². The zero-order valence-electron chi connectivity index (χ0n) is 10.6. The molecule has 3 aromatic heterocycles. The minimum atomic E-state index is -4.45. The molecule has 3 heterocycles. The lowest BCUT2D eigenvalue weighted by atomic mass is 10.2. The number of aromatic nitrogens is 3. The van der Waals surface area contributed by atoms with Gasteiger partial charge in [0.05, 0.1) is 33.3 Å². The molecule has 0 saturated carbocycles. The minimum absolute atomic E-state index is 0.0208. The third-order valence-corrected chi connectivity index (χ3v) is 3.93. The van der Waals surface area contributed by atoms with Crippen LogP contribution in [0, 0.1) is 11.3 Å². The molecule has 0 atom stereocenters. The number of hydrogen-bond acceptors (Lipinski definition) is 3. The number of rotatable bonds is 1. The summed E-state index contributed by atoms with van der Waals surface area (Å²) in [6.07, 6.45) is -1.89. The SMILES string of the molecule is N#Cc1cnc2c3cc(Br)ncc3n(CC(F)(F)F)c2c1Cl. The summed E-state index contributed by atoms with van der Waals surface area (Å²) in [5.41, 5.74) is 0.645. The van der Waals surface area contributed by atoms with Crippen LogP contribution in [0.15, 0.2) is 23.1 Å². The third kappa shape index (κ3) is 2.40. The summed E-state index contributed by atoms with van der Waals surface area (Å²) in [7, 11) is 0. The molecule has 0 aliphatic rings. The van der Waals surface area contributed by atoms with E-state index < -0.39 is 12.7 Å². The molecule has 0 radical (unpaired) electrons. The van der Waals surface area contributed by atoms with Gasteiger partial charge in [0.2, 0.25) is 0 Å². The molecule has 0 saturated heterocycles. The lowest BCUT2D eigenvalue weighted by molar-refractivity contribution is -0.139. The first-order valence-electron chi connectivity index (χ1n) is 5.90. The Kier molecular flexibility index (Phi) is 3.50. The van der Waals surface area contributed by atoms with Crippen LogP contribution >= 0.6 is 27.5 Å². The van der Waals surface area contributed by atoms with E-state index in [4.69, 9.17) is 16.9 Å². The highest BCUT2D eigenvalue weighted by Gasteiger charge is 2.31. The van der Waals surface area contributed by atoms with Crippen LogP contribution in [0.3, 0.4) is 0 Å². The van der Waals surface area contributed by atoms with Gasteiger partial charge in [0.15, 0.2) is 0 Å². The van der Waals surface area contributed by atoms with Gasteiger partial charge in [-0.15, -0.1) is 0 Å². The second kappa shape index (κ2) is 5.11. The van der Waals surface area contributed by atoms with E-state index in [0.29, 0.717) is 15.5 Å². The first kappa shape index (κ1) is 15.1. The van der Waals surface area contributed by atoms with Crippen LogP contribution < -0.4 is 0 Å². The summed E-state index contributed by atoms with van der Waals surface area (Å²) < 4.78 is 40.1. The lowest BCUT2D eigenvalue weighted by Gasteiger charge is -2.11. The van der Waals surface area contributed by atoms with E-state index in [-0.39, 0.29) is 21.6 Å². The van der Waals surface area contributed by atoms with E-state index in [1.54, 1.807) is 6.07 Å². The Labute approximate surface area is 135 Å². The van der Waals surface area contributed by atoms with Gasteiger partial charge in [-0.25, -0.2) is 4.98 Å². The molecular weight excluding hydrogens is 385 g/mol. The molecule has 0 bridgehead atoms. The Balaban J connectivity index is 2.49. The molecular formula is C13H5BrClF3N4. The summed E-state index contributed by atoms with van der Waals surface area (Å²) in [5.74, 6) is 0. The van der Waals surface area contributed by atoms with Crippen LogP contribution in [-0.2, 0) is 6.54 Å². The van der Waals surface area contributed by atoms with Crippen molar-refractivity contribution in [3.8, 4) is 6.07 Å². The predicted molar refractivity (Wildman–Crippen MR) is 78.5 cm³/mol. The summed E-state index contributed by atoms with van der Waals surface area (Å²) in [6.45, 7) is -1.24. The Morgan fingerprint density at radius 1 is 1.32 bits per heavy atom. The molecule has 3 aromatic rings. The van der Waals surface area contributed by atoms with Gasteiger partial charge in [0.1, 0.15) is 17.2 Å². The summed E-state index contributed by atoms with van der Waals surface area (Å²) in [5, 5.41) is 9.42. The summed E-state index contributed by atoms with van der Waals surface area (Å²) >= 11 is 9.28. The normalized spacial score (nSPS) is 12.0. The van der Waals surface area contributed by atoms with Crippen LogP contribution in [0.1, 0.15) is 5.56 Å². The number of halogens is 5. The molecule has 9 heteroatoms. The zero-order chi connectivity index (χ0) is 16.1. The minimum Gasteiger partial charge on any atom is -0.327 e. The van der Waals surface area contributed by atoms with Gasteiger partial charge in [0.25, 0.3) is 0 Å². The van der Waals surface area contributed by atoms with Crippen molar-refractivity contribution >= 4 is 49.5 Å². The molecule has 22 heavy (non-hydrogen) atoms. The first-order chi connectivity index (χ1) is 10.3. The molecule has 0 unspecified atom stereocenters. The van der Waals surface area contributed by atoms with Gasteiger partial charge in [-0.2, -0.15) is 18.4 Å². The number of hydrogen-bond donors (Lipinski definition) is 0. The Bertz CT molecular complexity index is 942. The maximum atomic E-state index is 12.9. The molecule has 112 valence electrons. The Hall–Kier alpha value is -1.85. The topological polar surface area (TPSA) is 54.5 Å². The van der Waals surface area contributed by atoms with Gasteiger partial charge in [-0.3, -0.25) is 4.98 Å². The van der Waals surface area contributed by atoms with Crippen molar-refractivity contribution in [2.24, 2.45) is 0 Å². The van der Waals surface area contributed by atoms with E-state index >= 15 is 0 Å². The van der Waals surface area contributed by atoms with Crippen molar-refractivity contribution in [1.82, 2.24) is 14.5 Å². The van der Waals surface area contributed by atoms with Gasteiger partial charge >= 0.3 is 6.18 Å². The highest BCUT2D eigenvalue weighted by atomic mass is 79.9. The molecule has 3 rings (SSSR count). The van der Waals surface area contributed by atoms with E-state index in [2.05, 4.69) is 25.9 Å². The van der Waals surface area contributed by atoms with Crippen LogP contribution in [0.4, 0.5) is 13.2 Å². The Morgan fingerprint density at radius 2 is 2.05 bits per heavy atom. The molecule has 0 aliphatic carbocycles. The average molecular weight is 390 g/mol. The number of alkyl halides is 3. The third-order valence-electron chi connectivity index (χ3n) is 3.11. The van der Waals surface area contributed by atoms with Crippen molar-refractivity contribution in [2.45, 2.75) is 12.7 Å². The number of nitriles is 1. The van der Waals surface area contributed by atoms with Gasteiger partial charge in [-0.1, -0.05) is 11.6 Å². The molecule has 0 N–H and O–H groups in total. The maximum absolute atomic E-state index is 12.9. The van der Waals surface area contributed by atoms with E-state index in [1.807, 2.05) is 6.07 Å². The molecule has 0 aromatic carbocycles. The number of pyridine rings is 2. The average Bonchev–Trinajstić information content (AvgIpc) is 2.72. The highest BCUT2D eigenvalue weighted by molar-refractivity contribution is 9.10. The predicted octanol–water partition coefficient (Wildman–Crippen LogP) is 4.43. The van der Waals surface area contributed by atoms with Crippen molar-refractivity contribution in [1.29, 1.82) is 5.26 Å². The zero-order valence-corrected chi connectivity index (χ0v) is 13.0. The fraction of sp³-hybridized carbons (Fsp3) is 0.154. The largest absolute Gasteiger partial charge is 0.406 e. The number of nitrogens with zero attached hydrogens (tertiary/aromatic N) is 4. The molecule has 0 fully saturated rings.